The number of aliphatic imine (C=N–C) groups is 2. The predicted octanol–water partition coefficient (Wildman–Crippen LogP) is 5.27. The molecule has 1 aromatic carbocycles. The van der Waals surface area contributed by atoms with Crippen molar-refractivity contribution in [3.05, 3.63) is 40.7 Å². The molecule has 0 atom stereocenters. The molecule has 0 aliphatic heterocycles. The summed E-state index contributed by atoms with van der Waals surface area (Å²) < 4.78 is 6.64. The highest BCUT2D eigenvalue weighted by atomic mass is 35.5. The Balaban J connectivity index is 1.89. The molecule has 3 aromatic rings. The molecule has 0 bridgehead atoms. The highest BCUT2D eigenvalue weighted by molar-refractivity contribution is 7.12. The minimum Gasteiger partial charge on any atom is -0.442 e. The fraction of sp³-hybridized carbons (Fsp3) is 0.263. The average Bonchev–Trinajstić information content (AvgIpc) is 3.26. The van der Waals surface area contributed by atoms with E-state index in [1.54, 1.807) is 12.3 Å². The molecule has 0 unspecified atom stereocenters. The molecule has 146 valence electrons. The van der Waals surface area contributed by atoms with Crippen molar-refractivity contribution in [1.82, 2.24) is 9.78 Å². The number of halogens is 1. The standard InChI is InChI=1S/C19H20ClN5O2S/c1-19(2,3)27-18(26)25-15-6-5-13(9-12(15)10-23-25)24-17(22-11-20)16-14(21-4)7-8-28-16/h5-10H,4,11H2,1-3H3,(H,22,24). The van der Waals surface area contributed by atoms with Gasteiger partial charge in [-0.1, -0.05) is 0 Å². The minimum absolute atomic E-state index is 0.107. The van der Waals surface area contributed by atoms with Crippen molar-refractivity contribution in [2.45, 2.75) is 26.4 Å². The zero-order valence-electron chi connectivity index (χ0n) is 15.8. The summed E-state index contributed by atoms with van der Waals surface area (Å²) in [6, 6.07) is 7.49. The van der Waals surface area contributed by atoms with Crippen molar-refractivity contribution >= 4 is 63.9 Å². The van der Waals surface area contributed by atoms with Crippen LogP contribution in [0.3, 0.4) is 0 Å². The maximum Gasteiger partial charge on any atom is 0.435 e. The third-order valence-electron chi connectivity index (χ3n) is 3.64. The lowest BCUT2D eigenvalue weighted by atomic mass is 10.2. The number of anilines is 1. The van der Waals surface area contributed by atoms with Gasteiger partial charge < -0.3 is 10.1 Å². The summed E-state index contributed by atoms with van der Waals surface area (Å²) in [6.45, 7) is 9.02. The molecule has 0 fully saturated rings. The van der Waals surface area contributed by atoms with Crippen LogP contribution in [0.1, 0.15) is 25.6 Å². The Labute approximate surface area is 171 Å². The molecule has 0 saturated heterocycles. The van der Waals surface area contributed by atoms with Gasteiger partial charge in [-0.2, -0.15) is 9.78 Å². The van der Waals surface area contributed by atoms with Gasteiger partial charge in [0.2, 0.25) is 0 Å². The van der Waals surface area contributed by atoms with Gasteiger partial charge in [0.1, 0.15) is 17.4 Å². The second-order valence-electron chi connectivity index (χ2n) is 6.85. The number of fused-ring (bicyclic) bond motifs is 1. The van der Waals surface area contributed by atoms with E-state index in [1.807, 2.05) is 44.4 Å². The summed E-state index contributed by atoms with van der Waals surface area (Å²) in [5.41, 5.74) is 1.57. The van der Waals surface area contributed by atoms with Crippen molar-refractivity contribution in [3.8, 4) is 0 Å². The van der Waals surface area contributed by atoms with Gasteiger partial charge in [-0.25, -0.2) is 4.79 Å². The summed E-state index contributed by atoms with van der Waals surface area (Å²) in [6.07, 6.45) is 1.10. The van der Waals surface area contributed by atoms with Crippen molar-refractivity contribution in [2.75, 3.05) is 11.3 Å². The summed E-state index contributed by atoms with van der Waals surface area (Å²) in [5, 5.41) is 10.1. The molecular formula is C19H20ClN5O2S. The van der Waals surface area contributed by atoms with E-state index < -0.39 is 11.7 Å². The fourth-order valence-electron chi connectivity index (χ4n) is 2.53. The Kier molecular flexibility index (Phi) is 5.81. The zero-order chi connectivity index (χ0) is 20.3. The van der Waals surface area contributed by atoms with E-state index in [4.69, 9.17) is 16.3 Å². The Morgan fingerprint density at radius 1 is 1.39 bits per heavy atom. The van der Waals surface area contributed by atoms with E-state index in [1.165, 1.54) is 16.0 Å². The number of rotatable bonds is 4. The summed E-state index contributed by atoms with van der Waals surface area (Å²) in [4.78, 5) is 21.5. The maximum atomic E-state index is 12.3. The van der Waals surface area contributed by atoms with Gasteiger partial charge in [-0.15, -0.1) is 22.9 Å². The molecule has 3 rings (SSSR count). The van der Waals surface area contributed by atoms with Crippen molar-refractivity contribution in [1.29, 1.82) is 0 Å². The molecule has 0 amide bonds. The van der Waals surface area contributed by atoms with E-state index in [-0.39, 0.29) is 6.00 Å². The van der Waals surface area contributed by atoms with Crippen molar-refractivity contribution in [3.63, 3.8) is 0 Å². The number of hydrogen-bond acceptors (Lipinski definition) is 6. The first-order valence-corrected chi connectivity index (χ1v) is 9.87. The first-order chi connectivity index (χ1) is 13.3. The molecule has 0 saturated carbocycles. The predicted molar refractivity (Wildman–Crippen MR) is 116 cm³/mol. The average molecular weight is 418 g/mol. The van der Waals surface area contributed by atoms with Crippen LogP contribution in [0, 0.1) is 0 Å². The smallest absolute Gasteiger partial charge is 0.435 e. The van der Waals surface area contributed by atoms with Gasteiger partial charge in [-0.05, 0) is 57.1 Å². The van der Waals surface area contributed by atoms with Crippen LogP contribution in [0.25, 0.3) is 10.9 Å². The summed E-state index contributed by atoms with van der Waals surface area (Å²) >= 11 is 7.32. The highest BCUT2D eigenvalue weighted by Crippen LogP contribution is 2.27. The number of carbonyl (C=O) groups excluding carboxylic acids is 1. The van der Waals surface area contributed by atoms with Crippen LogP contribution >= 0.6 is 22.9 Å². The van der Waals surface area contributed by atoms with Gasteiger partial charge >= 0.3 is 6.09 Å². The van der Waals surface area contributed by atoms with Gasteiger partial charge in [0.25, 0.3) is 0 Å². The second-order valence-corrected chi connectivity index (χ2v) is 8.01. The molecule has 7 nitrogen and oxygen atoms in total. The summed E-state index contributed by atoms with van der Waals surface area (Å²) in [5.74, 6) is 0.603. The van der Waals surface area contributed by atoms with Gasteiger partial charge in [0.15, 0.2) is 0 Å². The minimum atomic E-state index is -0.596. The van der Waals surface area contributed by atoms with Crippen LogP contribution in [-0.2, 0) is 4.74 Å². The maximum absolute atomic E-state index is 12.3. The van der Waals surface area contributed by atoms with Gasteiger partial charge in [0, 0.05) is 11.1 Å². The van der Waals surface area contributed by atoms with Crippen LogP contribution in [0.2, 0.25) is 0 Å². The largest absolute Gasteiger partial charge is 0.442 e. The van der Waals surface area contributed by atoms with E-state index in [0.717, 1.165) is 21.6 Å². The van der Waals surface area contributed by atoms with Gasteiger partial charge in [-0.3, -0.25) is 9.98 Å². The Hall–Kier alpha value is -2.71. The Bertz CT molecular complexity index is 1050. The quantitative estimate of drug-likeness (QED) is 0.271. The lowest BCUT2D eigenvalue weighted by Gasteiger charge is -2.19. The van der Waals surface area contributed by atoms with E-state index in [2.05, 4.69) is 27.1 Å². The molecule has 9 heteroatoms. The first-order valence-electron chi connectivity index (χ1n) is 8.45. The van der Waals surface area contributed by atoms with Crippen LogP contribution in [-0.4, -0.2) is 40.0 Å². The second kappa shape index (κ2) is 8.12. The van der Waals surface area contributed by atoms with Crippen LogP contribution in [0.5, 0.6) is 0 Å². The third-order valence-corrected chi connectivity index (χ3v) is 4.67. The van der Waals surface area contributed by atoms with E-state index >= 15 is 0 Å². The molecule has 2 aromatic heterocycles. The van der Waals surface area contributed by atoms with Gasteiger partial charge in [0.05, 0.1) is 22.3 Å². The highest BCUT2D eigenvalue weighted by Gasteiger charge is 2.20. The molecular weight excluding hydrogens is 398 g/mol. The zero-order valence-corrected chi connectivity index (χ0v) is 17.3. The van der Waals surface area contributed by atoms with E-state index in [0.29, 0.717) is 11.4 Å². The lowest BCUT2D eigenvalue weighted by Crippen LogP contribution is -2.27. The molecule has 1 N–H and O–H groups in total. The third kappa shape index (κ3) is 4.40. The fourth-order valence-corrected chi connectivity index (χ4v) is 3.46. The topological polar surface area (TPSA) is 80.9 Å². The number of nitrogens with one attached hydrogen (secondary N) is 1. The molecule has 0 radical (unpaired) electrons. The van der Waals surface area contributed by atoms with Crippen LogP contribution < -0.4 is 5.32 Å². The molecule has 0 aliphatic rings. The Morgan fingerprint density at radius 2 is 2.18 bits per heavy atom. The number of thiophene rings is 1. The number of nitrogens with zero attached hydrogens (tertiary/aromatic N) is 4. The number of benzene rings is 1. The molecule has 28 heavy (non-hydrogen) atoms. The molecule has 0 spiro atoms. The molecule has 0 aliphatic carbocycles. The van der Waals surface area contributed by atoms with E-state index in [9.17, 15) is 4.79 Å². The lowest BCUT2D eigenvalue weighted by molar-refractivity contribution is 0.0523. The number of ether oxygens (including phenoxy) is 1. The number of hydrogen-bond donors (Lipinski definition) is 1. The normalized spacial score (nSPS) is 12.2. The Morgan fingerprint density at radius 3 is 2.86 bits per heavy atom. The SMILES string of the molecule is C=Nc1ccsc1C(=NCCl)Nc1ccc2c(cnn2C(=O)OC(C)(C)C)c1. The molecule has 2 heterocycles. The van der Waals surface area contributed by atoms with Crippen molar-refractivity contribution in [2.24, 2.45) is 9.98 Å². The summed E-state index contributed by atoms with van der Waals surface area (Å²) in [7, 11) is 0. The van der Waals surface area contributed by atoms with Crippen LogP contribution in [0.15, 0.2) is 45.8 Å². The number of carbonyl (C=O) groups is 1. The van der Waals surface area contributed by atoms with Crippen molar-refractivity contribution < 1.29 is 9.53 Å². The van der Waals surface area contributed by atoms with Crippen LogP contribution in [0.4, 0.5) is 16.2 Å². The number of amidine groups is 1. The monoisotopic (exact) mass is 417 g/mol. The first kappa shape index (κ1) is 20.0. The number of aromatic nitrogens is 2. The number of alkyl halides is 1.